The van der Waals surface area contributed by atoms with E-state index in [-0.39, 0.29) is 21.3 Å². The first-order valence-corrected chi connectivity index (χ1v) is 13.7. The molecule has 0 aliphatic heterocycles. The minimum atomic E-state index is -3.93. The SMILES string of the molecule is Cc1ccc(S(=O)(=O)Oc2ccc(C#Cc3ccc(OS(=O)(=O)c4ccc(C)cc4)cc3)cc2)cc1. The third-order valence-electron chi connectivity index (χ3n) is 5.09. The van der Waals surface area contributed by atoms with Gasteiger partial charge in [0.05, 0.1) is 0 Å². The van der Waals surface area contributed by atoms with Gasteiger partial charge in [0.25, 0.3) is 0 Å². The van der Waals surface area contributed by atoms with E-state index in [1.165, 1.54) is 48.5 Å². The minimum absolute atomic E-state index is 0.0797. The van der Waals surface area contributed by atoms with E-state index in [1.807, 2.05) is 13.8 Å². The summed E-state index contributed by atoms with van der Waals surface area (Å²) in [5.41, 5.74) is 3.20. The molecule has 0 aliphatic carbocycles. The van der Waals surface area contributed by atoms with Crippen molar-refractivity contribution in [2.75, 3.05) is 0 Å². The molecule has 182 valence electrons. The molecular formula is C28H22O6S2. The Labute approximate surface area is 211 Å². The highest BCUT2D eigenvalue weighted by Gasteiger charge is 2.17. The van der Waals surface area contributed by atoms with Crippen LogP contribution >= 0.6 is 0 Å². The van der Waals surface area contributed by atoms with E-state index >= 15 is 0 Å². The van der Waals surface area contributed by atoms with Crippen LogP contribution in [0.5, 0.6) is 11.5 Å². The van der Waals surface area contributed by atoms with Crippen molar-refractivity contribution in [2.24, 2.45) is 0 Å². The minimum Gasteiger partial charge on any atom is -0.379 e. The van der Waals surface area contributed by atoms with Crippen molar-refractivity contribution in [3.8, 4) is 23.3 Å². The molecule has 0 heterocycles. The third-order valence-corrected chi connectivity index (χ3v) is 7.61. The van der Waals surface area contributed by atoms with Crippen LogP contribution in [0.4, 0.5) is 0 Å². The van der Waals surface area contributed by atoms with Gasteiger partial charge in [-0.3, -0.25) is 0 Å². The van der Waals surface area contributed by atoms with Crippen LogP contribution in [-0.2, 0) is 20.2 Å². The van der Waals surface area contributed by atoms with Gasteiger partial charge < -0.3 is 8.37 Å². The average Bonchev–Trinajstić information content (AvgIpc) is 2.85. The Bertz CT molecular complexity index is 1500. The Morgan fingerprint density at radius 1 is 0.472 bits per heavy atom. The van der Waals surface area contributed by atoms with Crippen LogP contribution < -0.4 is 8.37 Å². The predicted octanol–water partition coefficient (Wildman–Crippen LogP) is 5.24. The Balaban J connectivity index is 1.40. The standard InChI is InChI=1S/C28H22O6S2/c1-21-3-17-27(18-4-21)35(29,30)33-25-13-9-23(10-14-25)7-8-24-11-15-26(16-12-24)34-36(31,32)28-19-5-22(2)6-20-28/h3-6,9-20H,1-2H3. The molecule has 0 N–H and O–H groups in total. The van der Waals surface area contributed by atoms with Crippen LogP contribution in [0.3, 0.4) is 0 Å². The highest BCUT2D eigenvalue weighted by Crippen LogP contribution is 2.21. The summed E-state index contributed by atoms with van der Waals surface area (Å²) in [6.45, 7) is 3.74. The maximum Gasteiger partial charge on any atom is 0.339 e. The molecule has 0 atom stereocenters. The van der Waals surface area contributed by atoms with Crippen LogP contribution in [-0.4, -0.2) is 16.8 Å². The van der Waals surface area contributed by atoms with Crippen molar-refractivity contribution < 1.29 is 25.2 Å². The lowest BCUT2D eigenvalue weighted by molar-refractivity contribution is 0.484. The van der Waals surface area contributed by atoms with Crippen LogP contribution in [0, 0.1) is 25.7 Å². The molecule has 4 aromatic rings. The van der Waals surface area contributed by atoms with E-state index in [1.54, 1.807) is 48.5 Å². The Morgan fingerprint density at radius 3 is 1.08 bits per heavy atom. The quantitative estimate of drug-likeness (QED) is 0.256. The Kier molecular flexibility index (Phi) is 7.15. The Morgan fingerprint density at radius 2 is 0.778 bits per heavy atom. The van der Waals surface area contributed by atoms with Gasteiger partial charge in [0.15, 0.2) is 0 Å². The fourth-order valence-electron chi connectivity index (χ4n) is 3.09. The monoisotopic (exact) mass is 518 g/mol. The van der Waals surface area contributed by atoms with Crippen LogP contribution in [0.25, 0.3) is 0 Å². The van der Waals surface area contributed by atoms with Gasteiger partial charge in [0.2, 0.25) is 0 Å². The van der Waals surface area contributed by atoms with Gasteiger partial charge in [-0.15, -0.1) is 0 Å². The smallest absolute Gasteiger partial charge is 0.339 e. The fraction of sp³-hybridized carbons (Fsp3) is 0.0714. The van der Waals surface area contributed by atoms with Crippen molar-refractivity contribution in [1.82, 2.24) is 0 Å². The van der Waals surface area contributed by atoms with Crippen molar-refractivity contribution in [3.63, 3.8) is 0 Å². The van der Waals surface area contributed by atoms with Gasteiger partial charge in [-0.05, 0) is 86.6 Å². The molecule has 4 rings (SSSR count). The van der Waals surface area contributed by atoms with Crippen LogP contribution in [0.15, 0.2) is 107 Å². The van der Waals surface area contributed by atoms with Gasteiger partial charge in [0.1, 0.15) is 21.3 Å². The largest absolute Gasteiger partial charge is 0.379 e. The molecule has 0 aliphatic rings. The zero-order chi connectivity index (χ0) is 25.8. The number of hydrogen-bond donors (Lipinski definition) is 0. The zero-order valence-corrected chi connectivity index (χ0v) is 21.1. The lowest BCUT2D eigenvalue weighted by atomic mass is 10.2. The highest BCUT2D eigenvalue weighted by molar-refractivity contribution is 7.87. The first kappa shape index (κ1) is 25.0. The number of aryl methyl sites for hydroxylation is 2. The summed E-state index contributed by atoms with van der Waals surface area (Å²) in [4.78, 5) is 0.159. The van der Waals surface area contributed by atoms with Crippen LogP contribution in [0.1, 0.15) is 22.3 Å². The first-order chi connectivity index (χ1) is 17.1. The number of rotatable bonds is 6. The van der Waals surface area contributed by atoms with Crippen molar-refractivity contribution >= 4 is 20.2 Å². The molecule has 0 spiro atoms. The summed E-state index contributed by atoms with van der Waals surface area (Å²) >= 11 is 0. The molecule has 0 saturated heterocycles. The second-order valence-corrected chi connectivity index (χ2v) is 11.1. The summed E-state index contributed by atoms with van der Waals surface area (Å²) < 4.78 is 60.1. The third kappa shape index (κ3) is 6.33. The van der Waals surface area contributed by atoms with E-state index < -0.39 is 20.2 Å². The molecule has 6 nitrogen and oxygen atoms in total. The lowest BCUT2D eigenvalue weighted by Crippen LogP contribution is -2.09. The van der Waals surface area contributed by atoms with E-state index in [0.29, 0.717) is 11.1 Å². The predicted molar refractivity (Wildman–Crippen MR) is 137 cm³/mol. The molecule has 0 aromatic heterocycles. The highest BCUT2D eigenvalue weighted by atomic mass is 32.2. The van der Waals surface area contributed by atoms with Crippen molar-refractivity contribution in [1.29, 1.82) is 0 Å². The summed E-state index contributed by atoms with van der Waals surface area (Å²) in [5, 5.41) is 0. The lowest BCUT2D eigenvalue weighted by Gasteiger charge is -2.07. The molecule has 4 aromatic carbocycles. The maximum atomic E-state index is 12.4. The van der Waals surface area contributed by atoms with Gasteiger partial charge >= 0.3 is 20.2 Å². The molecule has 0 unspecified atom stereocenters. The number of benzene rings is 4. The topological polar surface area (TPSA) is 86.7 Å². The maximum absolute atomic E-state index is 12.4. The fourth-order valence-corrected chi connectivity index (χ4v) is 4.95. The van der Waals surface area contributed by atoms with E-state index in [9.17, 15) is 16.8 Å². The molecule has 36 heavy (non-hydrogen) atoms. The van der Waals surface area contributed by atoms with Crippen molar-refractivity contribution in [2.45, 2.75) is 23.6 Å². The van der Waals surface area contributed by atoms with Crippen LogP contribution in [0.2, 0.25) is 0 Å². The summed E-state index contributed by atoms with van der Waals surface area (Å²) in [6, 6.07) is 25.5. The molecule has 0 saturated carbocycles. The summed E-state index contributed by atoms with van der Waals surface area (Å²) in [7, 11) is -7.85. The second-order valence-electron chi connectivity index (χ2n) is 8.00. The number of hydrogen-bond acceptors (Lipinski definition) is 6. The molecule has 0 radical (unpaired) electrons. The van der Waals surface area contributed by atoms with E-state index in [4.69, 9.17) is 8.37 Å². The van der Waals surface area contributed by atoms with E-state index in [2.05, 4.69) is 11.8 Å². The Hall–Kier alpha value is -4.06. The summed E-state index contributed by atoms with van der Waals surface area (Å²) in [5.74, 6) is 6.30. The molecule has 0 bridgehead atoms. The molecular weight excluding hydrogens is 496 g/mol. The molecule has 0 fully saturated rings. The van der Waals surface area contributed by atoms with Gasteiger partial charge in [-0.25, -0.2) is 0 Å². The zero-order valence-electron chi connectivity index (χ0n) is 19.5. The molecule has 8 heteroatoms. The first-order valence-electron chi connectivity index (χ1n) is 10.9. The van der Waals surface area contributed by atoms with Gasteiger partial charge in [-0.2, -0.15) is 16.8 Å². The second kappa shape index (κ2) is 10.3. The van der Waals surface area contributed by atoms with Crippen molar-refractivity contribution in [3.05, 3.63) is 119 Å². The van der Waals surface area contributed by atoms with Gasteiger partial charge in [0, 0.05) is 11.1 Å². The normalized spacial score (nSPS) is 11.3. The van der Waals surface area contributed by atoms with E-state index in [0.717, 1.165) is 11.1 Å². The average molecular weight is 519 g/mol. The molecule has 0 amide bonds. The van der Waals surface area contributed by atoms with Gasteiger partial charge in [-0.1, -0.05) is 47.2 Å². The summed E-state index contributed by atoms with van der Waals surface area (Å²) in [6.07, 6.45) is 0.